The molecule has 5 heteroatoms. The van der Waals surface area contributed by atoms with Gasteiger partial charge in [0, 0.05) is 0 Å². The van der Waals surface area contributed by atoms with Gasteiger partial charge in [0.15, 0.2) is 11.6 Å². The smallest absolute Gasteiger partial charge is 0.407 e. The average molecular weight is 289 g/mol. The monoisotopic (exact) mass is 289 g/mol. The molecule has 1 unspecified atom stereocenters. The van der Waals surface area contributed by atoms with E-state index in [1.165, 1.54) is 12.1 Å². The molecule has 0 aliphatic heterocycles. The first-order valence-electron chi connectivity index (χ1n) is 6.52. The van der Waals surface area contributed by atoms with Gasteiger partial charge in [-0.15, -0.1) is 0 Å². The van der Waals surface area contributed by atoms with Gasteiger partial charge in [-0.1, -0.05) is 36.4 Å². The van der Waals surface area contributed by atoms with E-state index in [0.29, 0.717) is 5.56 Å². The molecule has 0 heterocycles. The Morgan fingerprint density at radius 2 is 2.00 bits per heavy atom. The largest absolute Gasteiger partial charge is 0.505 e. The highest BCUT2D eigenvalue weighted by atomic mass is 19.1. The van der Waals surface area contributed by atoms with Crippen molar-refractivity contribution in [2.24, 2.45) is 0 Å². The molecule has 2 rings (SSSR count). The molecule has 0 aliphatic rings. The molecule has 0 aromatic heterocycles. The van der Waals surface area contributed by atoms with Crippen LogP contribution in [0.2, 0.25) is 0 Å². The van der Waals surface area contributed by atoms with Crippen molar-refractivity contribution in [3.63, 3.8) is 0 Å². The zero-order valence-electron chi connectivity index (χ0n) is 11.5. The van der Waals surface area contributed by atoms with E-state index in [4.69, 9.17) is 9.84 Å². The zero-order chi connectivity index (χ0) is 15.2. The Morgan fingerprint density at radius 3 is 2.67 bits per heavy atom. The predicted octanol–water partition coefficient (Wildman–Crippen LogP) is 3.52. The number of amides is 1. The van der Waals surface area contributed by atoms with Crippen LogP contribution >= 0.6 is 0 Å². The van der Waals surface area contributed by atoms with Gasteiger partial charge in [-0.3, -0.25) is 0 Å². The Morgan fingerprint density at radius 1 is 1.29 bits per heavy atom. The summed E-state index contributed by atoms with van der Waals surface area (Å²) >= 11 is 0. The van der Waals surface area contributed by atoms with E-state index < -0.39 is 23.7 Å². The maximum atomic E-state index is 13.3. The molecule has 4 nitrogen and oxygen atoms in total. The highest BCUT2D eigenvalue weighted by molar-refractivity contribution is 5.67. The summed E-state index contributed by atoms with van der Waals surface area (Å²) in [5, 5.41) is 11.7. The fourth-order valence-corrected chi connectivity index (χ4v) is 1.82. The van der Waals surface area contributed by atoms with Crippen LogP contribution in [0.4, 0.5) is 9.18 Å². The summed E-state index contributed by atoms with van der Waals surface area (Å²) in [6.07, 6.45) is -0.583. The molecule has 2 aromatic rings. The Kier molecular flexibility index (Phi) is 4.77. The van der Waals surface area contributed by atoms with Gasteiger partial charge < -0.3 is 15.2 Å². The van der Waals surface area contributed by atoms with Gasteiger partial charge in [-0.05, 0) is 30.2 Å². The Bertz CT molecular complexity index is 616. The third kappa shape index (κ3) is 4.21. The van der Waals surface area contributed by atoms with E-state index in [2.05, 4.69) is 5.32 Å². The summed E-state index contributed by atoms with van der Waals surface area (Å²) in [5.41, 5.74) is 1.43. The lowest BCUT2D eigenvalue weighted by Gasteiger charge is -2.14. The number of carbonyl (C=O) groups is 1. The number of hydrogen-bond donors (Lipinski definition) is 2. The van der Waals surface area contributed by atoms with Crippen molar-refractivity contribution >= 4 is 6.09 Å². The number of benzene rings is 2. The lowest BCUT2D eigenvalue weighted by Crippen LogP contribution is -2.27. The quantitative estimate of drug-likeness (QED) is 0.905. The maximum absolute atomic E-state index is 13.3. The van der Waals surface area contributed by atoms with Crippen molar-refractivity contribution in [1.29, 1.82) is 0 Å². The number of phenolic OH excluding ortho intramolecular Hbond substituents is 1. The van der Waals surface area contributed by atoms with E-state index in [1.54, 1.807) is 13.0 Å². The number of alkyl carbamates (subject to hydrolysis) is 1. The molecule has 0 saturated heterocycles. The van der Waals surface area contributed by atoms with Crippen LogP contribution in [0.15, 0.2) is 48.5 Å². The van der Waals surface area contributed by atoms with Crippen molar-refractivity contribution < 1.29 is 19.0 Å². The highest BCUT2D eigenvalue weighted by Crippen LogP contribution is 2.20. The van der Waals surface area contributed by atoms with Crippen LogP contribution in [0.1, 0.15) is 24.1 Å². The standard InChI is InChI=1S/C16H16FNO3/c1-11(13-7-8-15(19)14(17)9-13)18-16(20)21-10-12-5-3-2-4-6-12/h2-9,11,19H,10H2,1H3,(H,18,20). The minimum Gasteiger partial charge on any atom is -0.505 e. The highest BCUT2D eigenvalue weighted by Gasteiger charge is 2.12. The SMILES string of the molecule is CC(NC(=O)OCc1ccccc1)c1ccc(O)c(F)c1. The minimum absolute atomic E-state index is 0.170. The number of ether oxygens (including phenoxy) is 1. The molecule has 0 radical (unpaired) electrons. The van der Waals surface area contributed by atoms with Gasteiger partial charge in [-0.2, -0.15) is 0 Å². The van der Waals surface area contributed by atoms with Crippen LogP contribution in [-0.2, 0) is 11.3 Å². The Hall–Kier alpha value is -2.56. The number of aromatic hydroxyl groups is 1. The first-order valence-corrected chi connectivity index (χ1v) is 6.52. The summed E-state index contributed by atoms with van der Waals surface area (Å²) in [5.74, 6) is -1.14. The second kappa shape index (κ2) is 6.74. The van der Waals surface area contributed by atoms with E-state index in [1.807, 2.05) is 30.3 Å². The summed E-state index contributed by atoms with van der Waals surface area (Å²) in [4.78, 5) is 11.7. The normalized spacial score (nSPS) is 11.7. The number of carbonyl (C=O) groups excluding carboxylic acids is 1. The molecular formula is C16H16FNO3. The molecular weight excluding hydrogens is 273 g/mol. The van der Waals surface area contributed by atoms with Gasteiger partial charge in [0.25, 0.3) is 0 Å². The first-order chi connectivity index (χ1) is 10.1. The van der Waals surface area contributed by atoms with Crippen molar-refractivity contribution in [3.8, 4) is 5.75 Å². The molecule has 21 heavy (non-hydrogen) atoms. The van der Waals surface area contributed by atoms with Crippen molar-refractivity contribution in [2.45, 2.75) is 19.6 Å². The van der Waals surface area contributed by atoms with E-state index in [-0.39, 0.29) is 6.61 Å². The molecule has 110 valence electrons. The van der Waals surface area contributed by atoms with E-state index in [0.717, 1.165) is 5.56 Å². The van der Waals surface area contributed by atoms with Crippen molar-refractivity contribution in [3.05, 3.63) is 65.5 Å². The van der Waals surface area contributed by atoms with E-state index >= 15 is 0 Å². The van der Waals surface area contributed by atoms with Crippen molar-refractivity contribution in [1.82, 2.24) is 5.32 Å². The van der Waals surface area contributed by atoms with Gasteiger partial charge >= 0.3 is 6.09 Å². The second-order valence-electron chi connectivity index (χ2n) is 4.64. The summed E-state index contributed by atoms with van der Waals surface area (Å²) in [6.45, 7) is 1.87. The average Bonchev–Trinajstić information content (AvgIpc) is 2.49. The van der Waals surface area contributed by atoms with Gasteiger partial charge in [-0.25, -0.2) is 9.18 Å². The topological polar surface area (TPSA) is 58.6 Å². The minimum atomic E-state index is -0.723. The molecule has 0 saturated carbocycles. The molecule has 0 bridgehead atoms. The molecule has 0 spiro atoms. The molecule has 0 aliphatic carbocycles. The van der Waals surface area contributed by atoms with Crippen molar-refractivity contribution in [2.75, 3.05) is 0 Å². The van der Waals surface area contributed by atoms with Crippen LogP contribution in [0.3, 0.4) is 0 Å². The molecule has 0 fully saturated rings. The first kappa shape index (κ1) is 14.8. The number of rotatable bonds is 4. The zero-order valence-corrected chi connectivity index (χ0v) is 11.5. The number of halogens is 1. The van der Waals surface area contributed by atoms with Gasteiger partial charge in [0.2, 0.25) is 0 Å². The number of nitrogens with one attached hydrogen (secondary N) is 1. The van der Waals surface area contributed by atoms with Gasteiger partial charge in [0.1, 0.15) is 6.61 Å². The molecule has 1 amide bonds. The molecule has 2 N–H and O–H groups in total. The predicted molar refractivity (Wildman–Crippen MR) is 76.2 cm³/mol. The van der Waals surface area contributed by atoms with Crippen LogP contribution < -0.4 is 5.32 Å². The third-order valence-electron chi connectivity index (χ3n) is 3.02. The second-order valence-corrected chi connectivity index (χ2v) is 4.64. The van der Waals surface area contributed by atoms with Crippen LogP contribution in [-0.4, -0.2) is 11.2 Å². The third-order valence-corrected chi connectivity index (χ3v) is 3.02. The molecule has 1 atom stereocenters. The number of phenols is 1. The van der Waals surface area contributed by atoms with E-state index in [9.17, 15) is 9.18 Å². The van der Waals surface area contributed by atoms with Crippen LogP contribution in [0.25, 0.3) is 0 Å². The summed E-state index contributed by atoms with van der Waals surface area (Å²) in [7, 11) is 0. The summed E-state index contributed by atoms with van der Waals surface area (Å²) in [6, 6.07) is 12.8. The fourth-order valence-electron chi connectivity index (χ4n) is 1.82. The number of hydrogen-bond acceptors (Lipinski definition) is 3. The lowest BCUT2D eigenvalue weighted by atomic mass is 10.1. The maximum Gasteiger partial charge on any atom is 0.407 e. The fraction of sp³-hybridized carbons (Fsp3) is 0.188. The lowest BCUT2D eigenvalue weighted by molar-refractivity contribution is 0.136. The van der Waals surface area contributed by atoms with Crippen LogP contribution in [0, 0.1) is 5.82 Å². The Labute approximate surface area is 122 Å². The Balaban J connectivity index is 1.88. The van der Waals surface area contributed by atoms with Crippen LogP contribution in [0.5, 0.6) is 5.75 Å². The van der Waals surface area contributed by atoms with Gasteiger partial charge in [0.05, 0.1) is 6.04 Å². The summed E-state index contributed by atoms with van der Waals surface area (Å²) < 4.78 is 18.3. The molecule has 2 aromatic carbocycles.